The van der Waals surface area contributed by atoms with Crippen LogP contribution >= 0.6 is 0 Å². The van der Waals surface area contributed by atoms with Gasteiger partial charge in [-0.05, 0) is 56.2 Å². The molecule has 1 atom stereocenters. The molecule has 214 valence electrons. The molecule has 0 bridgehead atoms. The molecule has 0 saturated carbocycles. The van der Waals surface area contributed by atoms with Crippen molar-refractivity contribution < 1.29 is 31.2 Å². The maximum atomic E-state index is 13.8. The van der Waals surface area contributed by atoms with Crippen LogP contribution in [-0.4, -0.2) is 44.3 Å². The highest BCUT2D eigenvalue weighted by Gasteiger charge is 2.35. The summed E-state index contributed by atoms with van der Waals surface area (Å²) in [4.78, 5) is 27.7. The Hall–Kier alpha value is -3.86. The molecule has 0 saturated heterocycles. The molecule has 0 aliphatic rings. The SMILES string of the molecule is CCCNC(=O)[C@@H](C)N(Cc1ccccc1)C(=O)CN(c1cccc(C(F)(F)F)c1)S(=O)(=O)c1ccc(C)cc1. The van der Waals surface area contributed by atoms with Gasteiger partial charge in [-0.2, -0.15) is 13.2 Å². The maximum Gasteiger partial charge on any atom is 0.416 e. The van der Waals surface area contributed by atoms with Crippen LogP contribution in [0.3, 0.4) is 0 Å². The van der Waals surface area contributed by atoms with Crippen molar-refractivity contribution in [2.75, 3.05) is 17.4 Å². The van der Waals surface area contributed by atoms with Crippen LogP contribution in [0.1, 0.15) is 37.0 Å². The monoisotopic (exact) mass is 575 g/mol. The van der Waals surface area contributed by atoms with Crippen molar-refractivity contribution in [3.05, 3.63) is 95.6 Å². The van der Waals surface area contributed by atoms with Crippen LogP contribution in [0.15, 0.2) is 83.8 Å². The molecule has 2 amide bonds. The highest BCUT2D eigenvalue weighted by atomic mass is 32.2. The lowest BCUT2D eigenvalue weighted by atomic mass is 10.1. The Kier molecular flexibility index (Phi) is 9.97. The van der Waals surface area contributed by atoms with Crippen molar-refractivity contribution in [3.8, 4) is 0 Å². The standard InChI is InChI=1S/C29H32F3N3O4S/c1-4-17-33-28(37)22(3)34(19-23-9-6-5-7-10-23)27(36)20-35(25-12-8-11-24(18-25)29(30,31)32)40(38,39)26-15-13-21(2)14-16-26/h5-16,18,22H,4,17,19-20H2,1-3H3,(H,33,37)/t22-/m1/s1. The molecule has 0 radical (unpaired) electrons. The Morgan fingerprint density at radius 1 is 0.950 bits per heavy atom. The number of amides is 2. The van der Waals surface area contributed by atoms with Gasteiger partial charge < -0.3 is 10.2 Å². The third kappa shape index (κ3) is 7.62. The topological polar surface area (TPSA) is 86.8 Å². The minimum atomic E-state index is -4.73. The van der Waals surface area contributed by atoms with Gasteiger partial charge >= 0.3 is 6.18 Å². The average Bonchev–Trinajstić information content (AvgIpc) is 2.93. The number of rotatable bonds is 11. The molecule has 0 spiro atoms. The van der Waals surface area contributed by atoms with E-state index in [1.165, 1.54) is 30.0 Å². The van der Waals surface area contributed by atoms with E-state index in [0.717, 1.165) is 17.7 Å². The van der Waals surface area contributed by atoms with Gasteiger partial charge in [-0.15, -0.1) is 0 Å². The van der Waals surface area contributed by atoms with Gasteiger partial charge in [0.25, 0.3) is 10.0 Å². The van der Waals surface area contributed by atoms with Crippen molar-refractivity contribution in [1.82, 2.24) is 10.2 Å². The first kappa shape index (κ1) is 30.7. The minimum Gasteiger partial charge on any atom is -0.354 e. The van der Waals surface area contributed by atoms with Gasteiger partial charge in [0.05, 0.1) is 16.1 Å². The predicted molar refractivity (Wildman–Crippen MR) is 147 cm³/mol. The lowest BCUT2D eigenvalue weighted by Gasteiger charge is -2.32. The Morgan fingerprint density at radius 3 is 2.20 bits per heavy atom. The Bertz CT molecular complexity index is 1410. The molecule has 0 unspecified atom stereocenters. The van der Waals surface area contributed by atoms with E-state index in [2.05, 4.69) is 5.32 Å². The number of anilines is 1. The zero-order valence-electron chi connectivity index (χ0n) is 22.5. The van der Waals surface area contributed by atoms with E-state index in [-0.39, 0.29) is 17.1 Å². The van der Waals surface area contributed by atoms with Gasteiger partial charge in [0, 0.05) is 13.1 Å². The maximum absolute atomic E-state index is 13.8. The number of benzene rings is 3. The summed E-state index contributed by atoms with van der Waals surface area (Å²) in [7, 11) is -4.48. The lowest BCUT2D eigenvalue weighted by molar-refractivity contribution is -0.139. The van der Waals surface area contributed by atoms with Crippen molar-refractivity contribution in [2.24, 2.45) is 0 Å². The molecule has 3 rings (SSSR count). The number of sulfonamides is 1. The number of nitrogens with zero attached hydrogens (tertiary/aromatic N) is 2. The zero-order valence-corrected chi connectivity index (χ0v) is 23.3. The number of nitrogens with one attached hydrogen (secondary N) is 1. The van der Waals surface area contributed by atoms with Crippen LogP contribution in [0.25, 0.3) is 0 Å². The van der Waals surface area contributed by atoms with E-state index < -0.39 is 46.2 Å². The second kappa shape index (κ2) is 13.0. The molecule has 0 aliphatic heterocycles. The van der Waals surface area contributed by atoms with Gasteiger partial charge in [-0.1, -0.05) is 61.0 Å². The minimum absolute atomic E-state index is 0.0125. The summed E-state index contributed by atoms with van der Waals surface area (Å²) in [5.41, 5.74) is 0.0844. The summed E-state index contributed by atoms with van der Waals surface area (Å²) in [6, 6.07) is 17.4. The first-order chi connectivity index (χ1) is 18.8. The van der Waals surface area contributed by atoms with E-state index in [4.69, 9.17) is 0 Å². The zero-order chi connectivity index (χ0) is 29.5. The lowest BCUT2D eigenvalue weighted by Crippen LogP contribution is -2.51. The molecular weight excluding hydrogens is 543 g/mol. The van der Waals surface area contributed by atoms with Crippen molar-refractivity contribution in [2.45, 2.75) is 50.9 Å². The second-order valence-corrected chi connectivity index (χ2v) is 11.2. The fraction of sp³-hybridized carbons (Fsp3) is 0.310. The number of hydrogen-bond donors (Lipinski definition) is 1. The van der Waals surface area contributed by atoms with E-state index in [9.17, 15) is 31.2 Å². The van der Waals surface area contributed by atoms with Crippen LogP contribution in [0.5, 0.6) is 0 Å². The smallest absolute Gasteiger partial charge is 0.354 e. The van der Waals surface area contributed by atoms with Crippen molar-refractivity contribution in [3.63, 3.8) is 0 Å². The normalized spacial score (nSPS) is 12.4. The summed E-state index contributed by atoms with van der Waals surface area (Å²) < 4.78 is 68.8. The molecule has 7 nitrogen and oxygen atoms in total. The highest BCUT2D eigenvalue weighted by molar-refractivity contribution is 7.92. The number of carbonyl (C=O) groups excluding carboxylic acids is 2. The summed E-state index contributed by atoms with van der Waals surface area (Å²) in [6.45, 7) is 4.71. The number of alkyl halides is 3. The largest absolute Gasteiger partial charge is 0.416 e. The van der Waals surface area contributed by atoms with E-state index in [0.29, 0.717) is 28.9 Å². The first-order valence-corrected chi connectivity index (χ1v) is 14.2. The number of halogens is 3. The van der Waals surface area contributed by atoms with E-state index >= 15 is 0 Å². The van der Waals surface area contributed by atoms with Crippen molar-refractivity contribution >= 4 is 27.5 Å². The van der Waals surface area contributed by atoms with E-state index in [1.54, 1.807) is 49.4 Å². The Balaban J connectivity index is 2.07. The first-order valence-electron chi connectivity index (χ1n) is 12.7. The predicted octanol–water partition coefficient (Wildman–Crippen LogP) is 5.15. The van der Waals surface area contributed by atoms with Gasteiger partial charge in [0.2, 0.25) is 11.8 Å². The van der Waals surface area contributed by atoms with E-state index in [1.807, 2.05) is 6.92 Å². The van der Waals surface area contributed by atoms with Crippen LogP contribution in [-0.2, 0) is 32.3 Å². The number of carbonyl (C=O) groups is 2. The van der Waals surface area contributed by atoms with Crippen LogP contribution < -0.4 is 9.62 Å². The molecule has 0 fully saturated rings. The van der Waals surface area contributed by atoms with Crippen LogP contribution in [0, 0.1) is 6.92 Å². The molecule has 3 aromatic carbocycles. The quantitative estimate of drug-likeness (QED) is 0.343. The van der Waals surface area contributed by atoms with Crippen LogP contribution in [0.2, 0.25) is 0 Å². The summed E-state index contributed by atoms with van der Waals surface area (Å²) in [5, 5.41) is 2.73. The molecule has 0 aromatic heterocycles. The average molecular weight is 576 g/mol. The summed E-state index contributed by atoms with van der Waals surface area (Å²) in [6.07, 6.45) is -4.06. The van der Waals surface area contributed by atoms with Gasteiger partial charge in [0.1, 0.15) is 12.6 Å². The molecule has 3 aromatic rings. The second-order valence-electron chi connectivity index (χ2n) is 9.35. The van der Waals surface area contributed by atoms with Gasteiger partial charge in [-0.25, -0.2) is 8.42 Å². The van der Waals surface area contributed by atoms with Crippen molar-refractivity contribution in [1.29, 1.82) is 0 Å². The van der Waals surface area contributed by atoms with Gasteiger partial charge in [-0.3, -0.25) is 13.9 Å². The molecule has 11 heteroatoms. The third-order valence-corrected chi connectivity index (χ3v) is 8.05. The molecule has 0 aliphatic carbocycles. The fourth-order valence-corrected chi connectivity index (χ4v) is 5.37. The fourth-order valence-electron chi connectivity index (χ4n) is 3.96. The number of hydrogen-bond acceptors (Lipinski definition) is 4. The van der Waals surface area contributed by atoms with Crippen LogP contribution in [0.4, 0.5) is 18.9 Å². The number of aryl methyl sites for hydroxylation is 1. The summed E-state index contributed by atoms with van der Waals surface area (Å²) in [5.74, 6) is -1.19. The molecule has 0 heterocycles. The Labute approximate surface area is 232 Å². The summed E-state index contributed by atoms with van der Waals surface area (Å²) >= 11 is 0. The third-order valence-electron chi connectivity index (χ3n) is 6.26. The Morgan fingerprint density at radius 2 is 1.60 bits per heavy atom. The molecule has 40 heavy (non-hydrogen) atoms. The molecular formula is C29H32F3N3O4S. The highest BCUT2D eigenvalue weighted by Crippen LogP contribution is 2.33. The van der Waals surface area contributed by atoms with Gasteiger partial charge in [0.15, 0.2) is 0 Å². The molecule has 1 N–H and O–H groups in total.